The molecule has 1 saturated heterocycles. The molecular formula is C34H28N4O6S. The fourth-order valence-corrected chi connectivity index (χ4v) is 7.33. The van der Waals surface area contributed by atoms with Gasteiger partial charge in [0.05, 0.1) is 48.7 Å². The van der Waals surface area contributed by atoms with Crippen LogP contribution < -0.4 is 9.47 Å². The van der Waals surface area contributed by atoms with Gasteiger partial charge in [-0.1, -0.05) is 30.3 Å². The lowest BCUT2D eigenvalue weighted by atomic mass is 9.86. The number of sulfone groups is 1. The van der Waals surface area contributed by atoms with Gasteiger partial charge >= 0.3 is 0 Å². The number of rotatable bonds is 7. The van der Waals surface area contributed by atoms with Crippen LogP contribution in [0.4, 0.5) is 0 Å². The van der Waals surface area contributed by atoms with Crippen LogP contribution in [0.2, 0.25) is 0 Å². The number of carbonyl (C=O) groups excluding carboxylic acids is 2. The van der Waals surface area contributed by atoms with E-state index in [4.69, 9.17) is 14.6 Å². The summed E-state index contributed by atoms with van der Waals surface area (Å²) in [4.78, 5) is 29.0. The van der Waals surface area contributed by atoms with Crippen molar-refractivity contribution in [2.75, 3.05) is 25.7 Å². The molecule has 1 unspecified atom stereocenters. The van der Waals surface area contributed by atoms with E-state index in [9.17, 15) is 23.3 Å². The Kier molecular flexibility index (Phi) is 7.83. The van der Waals surface area contributed by atoms with Crippen molar-refractivity contribution in [3.8, 4) is 34.5 Å². The fraction of sp³-hybridized carbons (Fsp3) is 0.176. The predicted octanol–water partition coefficient (Wildman–Crippen LogP) is 4.47. The number of imide groups is 1. The number of hydrogen-bond donors (Lipinski definition) is 0. The van der Waals surface area contributed by atoms with E-state index in [2.05, 4.69) is 0 Å². The Morgan fingerprint density at radius 2 is 1.51 bits per heavy atom. The van der Waals surface area contributed by atoms with E-state index in [0.29, 0.717) is 28.3 Å². The summed E-state index contributed by atoms with van der Waals surface area (Å²) in [5.41, 5.74) is 3.04. The highest BCUT2D eigenvalue weighted by Gasteiger charge is 2.45. The molecule has 0 radical (unpaired) electrons. The van der Waals surface area contributed by atoms with Gasteiger partial charge in [-0.3, -0.25) is 14.5 Å². The zero-order valence-corrected chi connectivity index (χ0v) is 25.3. The monoisotopic (exact) mass is 620 g/mol. The van der Waals surface area contributed by atoms with E-state index in [1.165, 1.54) is 7.11 Å². The van der Waals surface area contributed by atoms with E-state index in [-0.39, 0.29) is 34.6 Å². The van der Waals surface area contributed by atoms with Crippen molar-refractivity contribution in [1.82, 2.24) is 14.7 Å². The number of benzene rings is 3. The third-order valence-corrected chi connectivity index (χ3v) is 9.64. The molecule has 6 rings (SSSR count). The molecule has 3 heterocycles. The number of ether oxygens (including phenoxy) is 2. The molecule has 226 valence electrons. The quantitative estimate of drug-likeness (QED) is 0.218. The highest BCUT2D eigenvalue weighted by molar-refractivity contribution is 7.91. The first kappa shape index (κ1) is 29.6. The van der Waals surface area contributed by atoms with Gasteiger partial charge in [0.1, 0.15) is 23.1 Å². The van der Waals surface area contributed by atoms with Gasteiger partial charge in [0.15, 0.2) is 9.84 Å². The molecule has 45 heavy (non-hydrogen) atoms. The summed E-state index contributed by atoms with van der Waals surface area (Å²) < 4.78 is 37.1. The number of amides is 2. The lowest BCUT2D eigenvalue weighted by Gasteiger charge is -2.32. The number of carbonyl (C=O) groups is 2. The van der Waals surface area contributed by atoms with Crippen molar-refractivity contribution < 1.29 is 27.5 Å². The van der Waals surface area contributed by atoms with Gasteiger partial charge in [0.25, 0.3) is 11.8 Å². The van der Waals surface area contributed by atoms with Crippen LogP contribution in [0.15, 0.2) is 96.2 Å². The largest absolute Gasteiger partial charge is 0.497 e. The third kappa shape index (κ3) is 5.63. The molecule has 4 aromatic rings. The molecule has 0 bridgehead atoms. The molecule has 0 spiro atoms. The van der Waals surface area contributed by atoms with Gasteiger partial charge in [0, 0.05) is 22.9 Å². The van der Waals surface area contributed by atoms with Crippen LogP contribution in [0.5, 0.6) is 11.5 Å². The van der Waals surface area contributed by atoms with Crippen LogP contribution in [-0.4, -0.2) is 66.7 Å². The molecule has 0 N–H and O–H groups in total. The predicted molar refractivity (Wildman–Crippen MR) is 168 cm³/mol. The number of hydrogen-bond acceptors (Lipinski definition) is 8. The number of nitriles is 1. The minimum Gasteiger partial charge on any atom is -0.497 e. The summed E-state index contributed by atoms with van der Waals surface area (Å²) in [7, 11) is -0.348. The molecule has 2 aliphatic heterocycles. The number of nitrogens with zero attached hydrogens (tertiary/aromatic N) is 4. The van der Waals surface area contributed by atoms with Crippen molar-refractivity contribution >= 4 is 33.3 Å². The molecule has 2 amide bonds. The van der Waals surface area contributed by atoms with Crippen molar-refractivity contribution in [2.45, 2.75) is 12.5 Å². The molecule has 1 aromatic heterocycles. The normalized spacial score (nSPS) is 18.7. The second-order valence-corrected chi connectivity index (χ2v) is 12.9. The minimum atomic E-state index is -3.44. The molecule has 3 aromatic carbocycles. The molecule has 1 fully saturated rings. The summed E-state index contributed by atoms with van der Waals surface area (Å²) in [5.74, 6) is -0.774. The minimum absolute atomic E-state index is 0.0722. The Bertz CT molecular complexity index is 2010. The van der Waals surface area contributed by atoms with Gasteiger partial charge < -0.3 is 9.47 Å². The Morgan fingerprint density at radius 3 is 2.07 bits per heavy atom. The molecule has 1 atom stereocenters. The molecule has 0 saturated carbocycles. The topological polar surface area (TPSA) is 132 Å². The maximum absolute atomic E-state index is 14.3. The van der Waals surface area contributed by atoms with Crippen molar-refractivity contribution in [3.05, 3.63) is 107 Å². The number of aromatic nitrogens is 2. The highest BCUT2D eigenvalue weighted by Crippen LogP contribution is 2.39. The van der Waals surface area contributed by atoms with E-state index < -0.39 is 27.7 Å². The average molecular weight is 621 g/mol. The number of methoxy groups -OCH3 is 2. The average Bonchev–Trinajstić information content (AvgIpc) is 3.65. The molecule has 10 nitrogen and oxygen atoms in total. The third-order valence-electron chi connectivity index (χ3n) is 7.89. The SMILES string of the molecule is COc1ccc(C2=C(C#N)C(=O)N(C3CCS(=O)(=O)C3)C(=O)/C2=C\c2cn(-c3ccccc3)nc2-c2ccc(OC)cc2)cc1. The first-order valence-electron chi connectivity index (χ1n) is 14.1. The van der Waals surface area contributed by atoms with Crippen LogP contribution in [0.25, 0.3) is 28.6 Å². The molecule has 2 aliphatic rings. The first-order chi connectivity index (χ1) is 21.7. The summed E-state index contributed by atoms with van der Waals surface area (Å²) in [6, 6.07) is 24.6. The lowest BCUT2D eigenvalue weighted by Crippen LogP contribution is -2.49. The molecule has 0 aliphatic carbocycles. The summed E-state index contributed by atoms with van der Waals surface area (Å²) >= 11 is 0. The zero-order valence-electron chi connectivity index (χ0n) is 24.5. The van der Waals surface area contributed by atoms with E-state index in [1.54, 1.807) is 60.5 Å². The van der Waals surface area contributed by atoms with Crippen molar-refractivity contribution in [3.63, 3.8) is 0 Å². The summed E-state index contributed by atoms with van der Waals surface area (Å²) in [5, 5.41) is 15.1. The smallest absolute Gasteiger partial charge is 0.272 e. The van der Waals surface area contributed by atoms with Crippen molar-refractivity contribution in [2.24, 2.45) is 0 Å². The maximum Gasteiger partial charge on any atom is 0.272 e. The van der Waals surface area contributed by atoms with Gasteiger partial charge in [0.2, 0.25) is 0 Å². The first-order valence-corrected chi connectivity index (χ1v) is 15.9. The van der Waals surface area contributed by atoms with Gasteiger partial charge in [-0.05, 0) is 66.6 Å². The Balaban J connectivity index is 1.59. The van der Waals surface area contributed by atoms with E-state index in [0.717, 1.165) is 16.2 Å². The second-order valence-electron chi connectivity index (χ2n) is 10.6. The molecule has 11 heteroatoms. The highest BCUT2D eigenvalue weighted by atomic mass is 32.2. The van der Waals surface area contributed by atoms with Gasteiger partial charge in [-0.25, -0.2) is 13.1 Å². The van der Waals surface area contributed by atoms with Crippen LogP contribution in [-0.2, 0) is 19.4 Å². The zero-order chi connectivity index (χ0) is 31.7. The van der Waals surface area contributed by atoms with Gasteiger partial charge in [-0.15, -0.1) is 0 Å². The molecular weight excluding hydrogens is 592 g/mol. The van der Waals surface area contributed by atoms with Gasteiger partial charge in [-0.2, -0.15) is 10.4 Å². The van der Waals surface area contributed by atoms with Crippen LogP contribution in [0.3, 0.4) is 0 Å². The Morgan fingerprint density at radius 1 is 0.889 bits per heavy atom. The van der Waals surface area contributed by atoms with Crippen molar-refractivity contribution in [1.29, 1.82) is 5.26 Å². The van der Waals surface area contributed by atoms with Crippen LogP contribution in [0, 0.1) is 11.3 Å². The Hall–Kier alpha value is -5.47. The fourth-order valence-electron chi connectivity index (χ4n) is 5.63. The Labute approximate surface area is 260 Å². The lowest BCUT2D eigenvalue weighted by molar-refractivity contribution is -0.142. The standard InChI is InChI=1S/C34H28N4O6S/c1-43-27-12-8-22(9-13-27)31-29(33(39)38(34(40)30(31)19-35)26-16-17-45(41,42)21-26)18-24-20-37(25-6-4-3-5-7-25)36-32(24)23-10-14-28(44-2)15-11-23/h3-15,18,20,26H,16-17,21H2,1-2H3/b29-18-. The van der Waals surface area contributed by atoms with Crippen LogP contribution >= 0.6 is 0 Å². The van der Waals surface area contributed by atoms with E-state index >= 15 is 0 Å². The van der Waals surface area contributed by atoms with Crippen LogP contribution in [0.1, 0.15) is 17.5 Å². The maximum atomic E-state index is 14.3. The summed E-state index contributed by atoms with van der Waals surface area (Å²) in [6.07, 6.45) is 3.49. The summed E-state index contributed by atoms with van der Waals surface area (Å²) in [6.45, 7) is 0. The van der Waals surface area contributed by atoms with E-state index in [1.807, 2.05) is 48.5 Å². The second kappa shape index (κ2) is 11.9. The number of para-hydroxylation sites is 1.